The Bertz CT molecular complexity index is 499. The minimum atomic E-state index is -0.632. The summed E-state index contributed by atoms with van der Waals surface area (Å²) in [5.74, 6) is -0.806. The molecule has 1 aliphatic heterocycles. The monoisotopic (exact) mass is 282 g/mol. The van der Waals surface area contributed by atoms with Crippen LogP contribution in [0.5, 0.6) is 0 Å². The number of anilines is 1. The second kappa shape index (κ2) is 5.93. The second-order valence-corrected chi connectivity index (χ2v) is 4.77. The Kier molecular flexibility index (Phi) is 4.27. The quantitative estimate of drug-likeness (QED) is 0.676. The molecule has 0 aliphatic carbocycles. The van der Waals surface area contributed by atoms with Gasteiger partial charge in [0.05, 0.1) is 16.3 Å². The molecule has 1 saturated heterocycles. The van der Waals surface area contributed by atoms with Gasteiger partial charge < -0.3 is 15.4 Å². The third kappa shape index (κ3) is 3.17. The maximum absolute atomic E-state index is 11.8. The molecular formula is C13H15ClN2O3. The van der Waals surface area contributed by atoms with Crippen LogP contribution in [0.15, 0.2) is 18.2 Å². The number of nitrogen functional groups attached to an aromatic ring is 1. The van der Waals surface area contributed by atoms with Gasteiger partial charge >= 0.3 is 5.97 Å². The topological polar surface area (TPSA) is 72.6 Å². The molecule has 19 heavy (non-hydrogen) atoms. The molecule has 0 radical (unpaired) electrons. The molecule has 1 heterocycles. The molecule has 1 aromatic carbocycles. The number of carbonyl (C=O) groups is 2. The summed E-state index contributed by atoms with van der Waals surface area (Å²) in [7, 11) is 0. The van der Waals surface area contributed by atoms with Crippen molar-refractivity contribution in [2.75, 3.05) is 25.4 Å². The molecule has 6 heteroatoms. The van der Waals surface area contributed by atoms with Gasteiger partial charge in [-0.05, 0) is 25.0 Å². The van der Waals surface area contributed by atoms with E-state index >= 15 is 0 Å². The first-order valence-electron chi connectivity index (χ1n) is 6.08. The van der Waals surface area contributed by atoms with Gasteiger partial charge in [-0.1, -0.05) is 17.7 Å². The van der Waals surface area contributed by atoms with Gasteiger partial charge in [-0.25, -0.2) is 4.79 Å². The predicted molar refractivity (Wildman–Crippen MR) is 72.0 cm³/mol. The zero-order valence-electron chi connectivity index (χ0n) is 10.4. The minimum Gasteiger partial charge on any atom is -0.452 e. The van der Waals surface area contributed by atoms with Crippen molar-refractivity contribution in [2.24, 2.45) is 0 Å². The molecule has 0 atom stereocenters. The largest absolute Gasteiger partial charge is 0.452 e. The Balaban J connectivity index is 1.94. The first kappa shape index (κ1) is 13.7. The van der Waals surface area contributed by atoms with E-state index in [2.05, 4.69) is 0 Å². The average molecular weight is 283 g/mol. The fourth-order valence-corrected chi connectivity index (χ4v) is 2.15. The third-order valence-corrected chi connectivity index (χ3v) is 3.39. The number of esters is 1. The summed E-state index contributed by atoms with van der Waals surface area (Å²) in [6, 6.07) is 4.71. The van der Waals surface area contributed by atoms with Crippen molar-refractivity contribution in [3.8, 4) is 0 Å². The molecule has 1 aromatic rings. The molecule has 102 valence electrons. The van der Waals surface area contributed by atoms with Gasteiger partial charge in [-0.15, -0.1) is 0 Å². The first-order valence-corrected chi connectivity index (χ1v) is 6.46. The van der Waals surface area contributed by atoms with Crippen molar-refractivity contribution >= 4 is 29.2 Å². The van der Waals surface area contributed by atoms with Crippen molar-refractivity contribution in [2.45, 2.75) is 12.8 Å². The molecule has 0 aromatic heterocycles. The summed E-state index contributed by atoms with van der Waals surface area (Å²) in [6.45, 7) is 1.20. The number of ether oxygens (including phenoxy) is 1. The number of likely N-dealkylation sites (tertiary alicyclic amines) is 1. The number of hydrogen-bond donors (Lipinski definition) is 1. The number of hydrogen-bond acceptors (Lipinski definition) is 4. The maximum Gasteiger partial charge on any atom is 0.340 e. The van der Waals surface area contributed by atoms with E-state index in [4.69, 9.17) is 22.1 Å². The highest BCUT2D eigenvalue weighted by Crippen LogP contribution is 2.23. The summed E-state index contributed by atoms with van der Waals surface area (Å²) < 4.78 is 4.97. The summed E-state index contributed by atoms with van der Waals surface area (Å²) >= 11 is 5.82. The lowest BCUT2D eigenvalue weighted by Gasteiger charge is -2.15. The van der Waals surface area contributed by atoms with Crippen LogP contribution < -0.4 is 5.73 Å². The summed E-state index contributed by atoms with van der Waals surface area (Å²) in [4.78, 5) is 25.2. The minimum absolute atomic E-state index is 0.169. The number of benzene rings is 1. The summed E-state index contributed by atoms with van der Waals surface area (Å²) in [6.07, 6.45) is 2.00. The van der Waals surface area contributed by atoms with E-state index in [1.807, 2.05) is 0 Å². The van der Waals surface area contributed by atoms with Gasteiger partial charge in [0.25, 0.3) is 5.91 Å². The van der Waals surface area contributed by atoms with Crippen LogP contribution in [0.25, 0.3) is 0 Å². The van der Waals surface area contributed by atoms with Crippen LogP contribution in [0.1, 0.15) is 23.2 Å². The number of halogens is 1. The SMILES string of the molecule is Nc1c(Cl)cccc1C(=O)OCC(=O)N1CCCC1. The molecule has 2 N–H and O–H groups in total. The lowest BCUT2D eigenvalue weighted by Crippen LogP contribution is -2.32. The van der Waals surface area contributed by atoms with Crippen molar-refractivity contribution in [3.05, 3.63) is 28.8 Å². The molecular weight excluding hydrogens is 268 g/mol. The standard InChI is InChI=1S/C13H15ClN2O3/c14-10-5-3-4-9(12(10)15)13(18)19-8-11(17)16-6-1-2-7-16/h3-5H,1-2,6-8,15H2. The van der Waals surface area contributed by atoms with E-state index in [1.165, 1.54) is 6.07 Å². The van der Waals surface area contributed by atoms with Crippen molar-refractivity contribution in [1.82, 2.24) is 4.90 Å². The van der Waals surface area contributed by atoms with Crippen LogP contribution in [0, 0.1) is 0 Å². The number of rotatable bonds is 3. The molecule has 0 saturated carbocycles. The molecule has 0 bridgehead atoms. The van der Waals surface area contributed by atoms with Crippen LogP contribution in [0.2, 0.25) is 5.02 Å². The average Bonchev–Trinajstić information content (AvgIpc) is 2.93. The van der Waals surface area contributed by atoms with Crippen LogP contribution in [-0.2, 0) is 9.53 Å². The van der Waals surface area contributed by atoms with Gasteiger partial charge in [-0.2, -0.15) is 0 Å². The molecule has 2 rings (SSSR count). The molecule has 1 aliphatic rings. The van der Waals surface area contributed by atoms with Crippen LogP contribution >= 0.6 is 11.6 Å². The lowest BCUT2D eigenvalue weighted by atomic mass is 10.2. The van der Waals surface area contributed by atoms with E-state index in [-0.39, 0.29) is 23.8 Å². The molecule has 1 amide bonds. The fraction of sp³-hybridized carbons (Fsp3) is 0.385. The predicted octanol–water partition coefficient (Wildman–Crippen LogP) is 1.70. The van der Waals surface area contributed by atoms with E-state index in [9.17, 15) is 9.59 Å². The van der Waals surface area contributed by atoms with E-state index in [0.717, 1.165) is 25.9 Å². The normalized spacial score (nSPS) is 14.5. The first-order chi connectivity index (χ1) is 9.09. The maximum atomic E-state index is 11.8. The van der Waals surface area contributed by atoms with Gasteiger partial charge in [0.1, 0.15) is 0 Å². The Morgan fingerprint density at radius 1 is 1.32 bits per heavy atom. The van der Waals surface area contributed by atoms with Gasteiger partial charge in [0.15, 0.2) is 6.61 Å². The van der Waals surface area contributed by atoms with E-state index in [1.54, 1.807) is 17.0 Å². The Morgan fingerprint density at radius 2 is 2.00 bits per heavy atom. The van der Waals surface area contributed by atoms with E-state index in [0.29, 0.717) is 5.02 Å². The summed E-state index contributed by atoms with van der Waals surface area (Å²) in [5, 5.41) is 0.292. The van der Waals surface area contributed by atoms with Crippen molar-refractivity contribution < 1.29 is 14.3 Å². The van der Waals surface area contributed by atoms with Crippen LogP contribution in [0.3, 0.4) is 0 Å². The Morgan fingerprint density at radius 3 is 2.68 bits per heavy atom. The van der Waals surface area contributed by atoms with Crippen LogP contribution in [-0.4, -0.2) is 36.5 Å². The molecule has 0 spiro atoms. The van der Waals surface area contributed by atoms with Crippen LogP contribution in [0.4, 0.5) is 5.69 Å². The van der Waals surface area contributed by atoms with Gasteiger partial charge in [0, 0.05) is 13.1 Å². The lowest BCUT2D eigenvalue weighted by molar-refractivity contribution is -0.133. The second-order valence-electron chi connectivity index (χ2n) is 4.37. The summed E-state index contributed by atoms with van der Waals surface area (Å²) in [5.41, 5.74) is 6.04. The van der Waals surface area contributed by atoms with Gasteiger partial charge in [0.2, 0.25) is 0 Å². The number of carbonyl (C=O) groups excluding carboxylic acids is 2. The smallest absolute Gasteiger partial charge is 0.340 e. The highest BCUT2D eigenvalue weighted by Gasteiger charge is 2.20. The number of amides is 1. The van der Waals surface area contributed by atoms with E-state index < -0.39 is 5.97 Å². The van der Waals surface area contributed by atoms with Crippen molar-refractivity contribution in [3.63, 3.8) is 0 Å². The molecule has 1 fully saturated rings. The number of para-hydroxylation sites is 1. The zero-order chi connectivity index (χ0) is 13.8. The fourth-order valence-electron chi connectivity index (χ4n) is 1.98. The highest BCUT2D eigenvalue weighted by atomic mass is 35.5. The molecule has 5 nitrogen and oxygen atoms in total. The number of nitrogens with zero attached hydrogens (tertiary/aromatic N) is 1. The Hall–Kier alpha value is -1.75. The van der Waals surface area contributed by atoms with Crippen molar-refractivity contribution in [1.29, 1.82) is 0 Å². The molecule has 0 unspecified atom stereocenters. The Labute approximate surface area is 116 Å². The van der Waals surface area contributed by atoms with Gasteiger partial charge in [-0.3, -0.25) is 4.79 Å². The zero-order valence-corrected chi connectivity index (χ0v) is 11.2. The number of nitrogens with two attached hydrogens (primary N) is 1. The third-order valence-electron chi connectivity index (χ3n) is 3.06. The highest BCUT2D eigenvalue weighted by molar-refractivity contribution is 6.33.